The van der Waals surface area contributed by atoms with Crippen molar-refractivity contribution in [1.29, 1.82) is 0 Å². The van der Waals surface area contributed by atoms with Crippen molar-refractivity contribution in [3.63, 3.8) is 0 Å². The fourth-order valence-electron chi connectivity index (χ4n) is 3.14. The van der Waals surface area contributed by atoms with Gasteiger partial charge in [0.1, 0.15) is 0 Å². The van der Waals surface area contributed by atoms with Crippen LogP contribution in [0, 0.1) is 16.0 Å². The molecule has 0 spiro atoms. The van der Waals surface area contributed by atoms with Gasteiger partial charge in [-0.15, -0.1) is 0 Å². The summed E-state index contributed by atoms with van der Waals surface area (Å²) in [5.41, 5.74) is 0.994. The van der Waals surface area contributed by atoms with Crippen LogP contribution in [0.15, 0.2) is 42.7 Å². The van der Waals surface area contributed by atoms with Crippen LogP contribution in [0.25, 0.3) is 0 Å². The summed E-state index contributed by atoms with van der Waals surface area (Å²) in [6.45, 7) is 1.28. The smallest absolute Gasteiger partial charge is 0.270 e. The number of nitro groups is 1. The van der Waals surface area contributed by atoms with Crippen LogP contribution >= 0.6 is 11.6 Å². The van der Waals surface area contributed by atoms with Crippen LogP contribution in [0.1, 0.15) is 28.8 Å². The summed E-state index contributed by atoms with van der Waals surface area (Å²) in [6.07, 6.45) is 4.48. The van der Waals surface area contributed by atoms with Gasteiger partial charge in [-0.25, -0.2) is 0 Å². The van der Waals surface area contributed by atoms with Crippen LogP contribution in [-0.4, -0.2) is 39.7 Å². The maximum Gasteiger partial charge on any atom is 0.270 e. The Bertz CT molecular complexity index is 883. The van der Waals surface area contributed by atoms with E-state index in [1.807, 2.05) is 12.1 Å². The number of hydrogen-bond donors (Lipinski definition) is 1. The van der Waals surface area contributed by atoms with Gasteiger partial charge in [-0.05, 0) is 30.5 Å². The van der Waals surface area contributed by atoms with Gasteiger partial charge < -0.3 is 10.2 Å². The minimum atomic E-state index is -0.560. The third-order valence-corrected chi connectivity index (χ3v) is 5.05. The zero-order chi connectivity index (χ0) is 20.1. The molecule has 0 aliphatic carbocycles. The highest BCUT2D eigenvalue weighted by molar-refractivity contribution is 6.34. The van der Waals surface area contributed by atoms with E-state index in [1.165, 1.54) is 18.2 Å². The number of benzene rings is 1. The second kappa shape index (κ2) is 8.79. The van der Waals surface area contributed by atoms with Crippen LogP contribution in [0.2, 0.25) is 5.02 Å². The third kappa shape index (κ3) is 4.64. The van der Waals surface area contributed by atoms with Crippen molar-refractivity contribution >= 4 is 29.1 Å². The summed E-state index contributed by atoms with van der Waals surface area (Å²) in [7, 11) is 0. The molecule has 0 unspecified atom stereocenters. The maximum absolute atomic E-state index is 12.7. The lowest BCUT2D eigenvalue weighted by atomic mass is 9.95. The van der Waals surface area contributed by atoms with Crippen molar-refractivity contribution in [2.75, 3.05) is 13.1 Å². The van der Waals surface area contributed by atoms with Gasteiger partial charge in [-0.1, -0.05) is 17.7 Å². The highest BCUT2D eigenvalue weighted by atomic mass is 35.5. The number of nitro benzene ring substituents is 1. The summed E-state index contributed by atoms with van der Waals surface area (Å²) >= 11 is 6.04. The number of non-ortho nitro benzene ring substituents is 1. The number of rotatable bonds is 5. The first-order chi connectivity index (χ1) is 13.5. The first-order valence-corrected chi connectivity index (χ1v) is 9.23. The molecule has 2 amide bonds. The number of aromatic nitrogens is 1. The molecule has 146 valence electrons. The molecular formula is C19H19ClN4O4. The van der Waals surface area contributed by atoms with Crippen LogP contribution in [0.4, 0.5) is 5.69 Å². The Hall–Kier alpha value is -3.00. The number of amides is 2. The number of hydrogen-bond acceptors (Lipinski definition) is 5. The van der Waals surface area contributed by atoms with E-state index in [-0.39, 0.29) is 34.0 Å². The number of nitrogens with one attached hydrogen (secondary N) is 1. The number of carbonyl (C=O) groups is 2. The lowest BCUT2D eigenvalue weighted by Crippen LogP contribution is -2.43. The fourth-order valence-corrected chi connectivity index (χ4v) is 3.40. The maximum atomic E-state index is 12.7. The summed E-state index contributed by atoms with van der Waals surface area (Å²) < 4.78 is 0. The summed E-state index contributed by atoms with van der Waals surface area (Å²) in [5, 5.41) is 13.7. The van der Waals surface area contributed by atoms with Crippen molar-refractivity contribution in [2.24, 2.45) is 5.92 Å². The van der Waals surface area contributed by atoms with Gasteiger partial charge >= 0.3 is 0 Å². The number of carbonyl (C=O) groups excluding carboxylic acids is 2. The van der Waals surface area contributed by atoms with E-state index < -0.39 is 4.92 Å². The predicted molar refractivity (Wildman–Crippen MR) is 103 cm³/mol. The Morgan fingerprint density at radius 1 is 1.29 bits per heavy atom. The largest absolute Gasteiger partial charge is 0.352 e. The van der Waals surface area contributed by atoms with Crippen molar-refractivity contribution < 1.29 is 14.5 Å². The lowest BCUT2D eigenvalue weighted by molar-refractivity contribution is -0.384. The molecule has 28 heavy (non-hydrogen) atoms. The monoisotopic (exact) mass is 402 g/mol. The molecule has 2 aromatic rings. The van der Waals surface area contributed by atoms with Gasteiger partial charge in [-0.2, -0.15) is 0 Å². The van der Waals surface area contributed by atoms with Crippen LogP contribution < -0.4 is 5.32 Å². The molecule has 1 saturated heterocycles. The number of halogens is 1. The molecule has 0 atom stereocenters. The fraction of sp³-hybridized carbons (Fsp3) is 0.316. The summed E-state index contributed by atoms with van der Waals surface area (Å²) in [4.78, 5) is 40.9. The lowest BCUT2D eigenvalue weighted by Gasteiger charge is -2.31. The molecule has 1 N–H and O–H groups in total. The van der Waals surface area contributed by atoms with Crippen molar-refractivity contribution in [1.82, 2.24) is 15.2 Å². The number of likely N-dealkylation sites (tertiary alicyclic amines) is 1. The standard InChI is InChI=1S/C19H19ClN4O4/c20-17-10-15(24(27)28)3-4-16(17)19(26)23-8-5-14(6-9-23)18(25)22-12-13-2-1-7-21-11-13/h1-4,7,10-11,14H,5-6,8-9,12H2,(H,22,25). The van der Waals surface area contributed by atoms with Gasteiger partial charge in [0.05, 0.1) is 15.5 Å². The molecule has 0 radical (unpaired) electrons. The van der Waals surface area contributed by atoms with Gasteiger partial charge in [0.2, 0.25) is 5.91 Å². The predicted octanol–water partition coefficient (Wildman–Crippen LogP) is 2.81. The average Bonchev–Trinajstić information content (AvgIpc) is 2.72. The number of pyridine rings is 1. The molecule has 0 bridgehead atoms. The van der Waals surface area contributed by atoms with Crippen LogP contribution in [0.3, 0.4) is 0 Å². The first kappa shape index (κ1) is 19.8. The summed E-state index contributed by atoms with van der Waals surface area (Å²) in [6, 6.07) is 7.51. The zero-order valence-electron chi connectivity index (χ0n) is 15.0. The quantitative estimate of drug-likeness (QED) is 0.611. The normalized spacial score (nSPS) is 14.5. The van der Waals surface area contributed by atoms with Crippen LogP contribution in [0.5, 0.6) is 0 Å². The highest BCUT2D eigenvalue weighted by Gasteiger charge is 2.28. The van der Waals surface area contributed by atoms with Gasteiger partial charge in [0.15, 0.2) is 0 Å². The van der Waals surface area contributed by atoms with E-state index in [0.29, 0.717) is 32.5 Å². The first-order valence-electron chi connectivity index (χ1n) is 8.85. The van der Waals surface area contributed by atoms with E-state index >= 15 is 0 Å². The second-order valence-corrected chi connectivity index (χ2v) is 6.97. The number of nitrogens with zero attached hydrogens (tertiary/aromatic N) is 3. The topological polar surface area (TPSA) is 105 Å². The molecule has 0 saturated carbocycles. The van der Waals surface area contributed by atoms with E-state index in [0.717, 1.165) is 5.56 Å². The SMILES string of the molecule is O=C(NCc1cccnc1)C1CCN(C(=O)c2ccc([N+](=O)[O-])cc2Cl)CC1. The Morgan fingerprint density at radius 3 is 2.64 bits per heavy atom. The average molecular weight is 403 g/mol. The van der Waals surface area contributed by atoms with Gasteiger partial charge in [0, 0.05) is 50.1 Å². The van der Waals surface area contributed by atoms with E-state index in [4.69, 9.17) is 11.6 Å². The highest BCUT2D eigenvalue weighted by Crippen LogP contribution is 2.26. The molecular weight excluding hydrogens is 384 g/mol. The van der Waals surface area contributed by atoms with E-state index in [2.05, 4.69) is 10.3 Å². The molecule has 8 nitrogen and oxygen atoms in total. The second-order valence-electron chi connectivity index (χ2n) is 6.57. The minimum Gasteiger partial charge on any atom is -0.352 e. The van der Waals surface area contributed by atoms with Crippen molar-refractivity contribution in [3.8, 4) is 0 Å². The van der Waals surface area contributed by atoms with E-state index in [9.17, 15) is 19.7 Å². The number of piperidine rings is 1. The van der Waals surface area contributed by atoms with Crippen molar-refractivity contribution in [2.45, 2.75) is 19.4 Å². The minimum absolute atomic E-state index is 0.0377. The zero-order valence-corrected chi connectivity index (χ0v) is 15.8. The van der Waals surface area contributed by atoms with E-state index in [1.54, 1.807) is 17.3 Å². The summed E-state index contributed by atoms with van der Waals surface area (Å²) in [5.74, 6) is -0.480. The molecule has 1 aliphatic heterocycles. The molecule has 1 aliphatic rings. The molecule has 1 aromatic carbocycles. The third-order valence-electron chi connectivity index (χ3n) is 4.74. The van der Waals surface area contributed by atoms with Crippen molar-refractivity contribution in [3.05, 3.63) is 69.0 Å². The Balaban J connectivity index is 1.54. The van der Waals surface area contributed by atoms with Gasteiger partial charge in [-0.3, -0.25) is 24.7 Å². The molecule has 2 heterocycles. The Kier molecular flexibility index (Phi) is 6.20. The van der Waals surface area contributed by atoms with Crippen LogP contribution in [-0.2, 0) is 11.3 Å². The molecule has 1 fully saturated rings. The molecule has 1 aromatic heterocycles. The molecule has 9 heteroatoms. The van der Waals surface area contributed by atoms with Gasteiger partial charge in [0.25, 0.3) is 11.6 Å². The molecule has 3 rings (SSSR count). The Morgan fingerprint density at radius 2 is 2.04 bits per heavy atom. The Labute approximate surface area is 166 Å².